The molecule has 0 aromatic heterocycles. The van der Waals surface area contributed by atoms with Crippen LogP contribution in [0.1, 0.15) is 0 Å². The van der Waals surface area contributed by atoms with E-state index in [1.807, 2.05) is 0 Å². The molecule has 3 heteroatoms. The highest BCUT2D eigenvalue weighted by Gasteiger charge is 1.95. The second-order valence-electron chi connectivity index (χ2n) is 1.04. The molecule has 1 atom stereocenters. The van der Waals surface area contributed by atoms with E-state index in [0.717, 1.165) is 0 Å². The van der Waals surface area contributed by atoms with Gasteiger partial charge in [0, 0.05) is 0 Å². The first-order valence-electron chi connectivity index (χ1n) is 1.66. The lowest BCUT2D eigenvalue weighted by atomic mass is 10.4. The van der Waals surface area contributed by atoms with E-state index >= 15 is 0 Å². The summed E-state index contributed by atoms with van der Waals surface area (Å²) in [7, 11) is 0. The maximum absolute atomic E-state index is 3.53. The molecule has 1 radical (unpaired) electrons. The van der Waals surface area contributed by atoms with Crippen molar-refractivity contribution in [2.75, 3.05) is 0 Å². The molecule has 0 saturated heterocycles. The van der Waals surface area contributed by atoms with Gasteiger partial charge in [0.1, 0.15) is 6.04 Å². The van der Waals surface area contributed by atoms with E-state index < -0.39 is 0 Å². The fourth-order valence-corrected chi connectivity index (χ4v) is 0.233. The van der Waals surface area contributed by atoms with Crippen molar-refractivity contribution in [3.63, 3.8) is 0 Å². The van der Waals surface area contributed by atoms with Gasteiger partial charge in [0.2, 0.25) is 0 Å². The van der Waals surface area contributed by atoms with Gasteiger partial charge in [-0.2, -0.15) is 5.11 Å². The van der Waals surface area contributed by atoms with E-state index in [1.165, 1.54) is 0 Å². The van der Waals surface area contributed by atoms with Crippen LogP contribution in [0.4, 0.5) is 0 Å². The van der Waals surface area contributed by atoms with Gasteiger partial charge in [-0.25, -0.2) is 0 Å². The van der Waals surface area contributed by atoms with E-state index in [2.05, 4.69) is 22.4 Å². The Morgan fingerprint density at radius 3 is 2.67 bits per heavy atom. The fourth-order valence-electron chi connectivity index (χ4n) is 0.233. The Balaban J connectivity index is 2.60. The fraction of sp³-hybridized carbons (Fsp3) is 0.333. The lowest BCUT2D eigenvalue weighted by molar-refractivity contribution is 0.976. The summed E-state index contributed by atoms with van der Waals surface area (Å²) < 4.78 is 0. The van der Waals surface area contributed by atoms with Crippen LogP contribution < -0.4 is 0 Å². The van der Waals surface area contributed by atoms with E-state index in [0.29, 0.717) is 0 Å². The molecule has 1 heterocycles. The Morgan fingerprint density at radius 2 is 2.50 bits per heavy atom. The molecule has 0 aromatic carbocycles. The first-order chi connectivity index (χ1) is 2.89. The van der Waals surface area contributed by atoms with Crippen LogP contribution in [0.3, 0.4) is 0 Å². The number of hydrogen-bond donors (Lipinski definition) is 0. The maximum atomic E-state index is 3.53. The smallest absolute Gasteiger partial charge is 0.110 e. The van der Waals surface area contributed by atoms with Crippen molar-refractivity contribution in [1.29, 1.82) is 0 Å². The molecule has 0 aliphatic carbocycles. The van der Waals surface area contributed by atoms with Gasteiger partial charge in [-0.15, -0.1) is 5.10 Å². The minimum atomic E-state index is -0.0370. The van der Waals surface area contributed by atoms with Crippen LogP contribution in [-0.4, -0.2) is 12.3 Å². The van der Waals surface area contributed by atoms with Gasteiger partial charge in [-0.05, 0) is 12.1 Å². The Hall–Kier alpha value is -0.730. The summed E-state index contributed by atoms with van der Waals surface area (Å²) in [5, 5.41) is 10.3. The standard InChI is InChI=1S/C3H4N3/c1-3-2-4-6-5-3/h2-3H,1H2. The largest absolute Gasteiger partial charge is 0.160 e. The first kappa shape index (κ1) is 3.46. The molecule has 0 saturated carbocycles. The highest BCUT2D eigenvalue weighted by molar-refractivity contribution is 5.66. The molecular weight excluding hydrogens is 78.1 g/mol. The van der Waals surface area contributed by atoms with Crippen LogP contribution in [0.5, 0.6) is 0 Å². The summed E-state index contributed by atoms with van der Waals surface area (Å²) in [5.74, 6) is 0. The Bertz CT molecular complexity index is 82.2. The predicted octanol–water partition coefficient (Wildman–Crippen LogP) is 0.641. The maximum Gasteiger partial charge on any atom is 0.110 e. The monoisotopic (exact) mass is 82.0 g/mol. The molecule has 31 valence electrons. The molecule has 0 N–H and O–H groups in total. The molecule has 1 rings (SSSR count). The predicted molar refractivity (Wildman–Crippen MR) is 22.5 cm³/mol. The van der Waals surface area contributed by atoms with Crippen molar-refractivity contribution in [3.05, 3.63) is 6.92 Å². The molecule has 1 aliphatic heterocycles. The average molecular weight is 82.1 g/mol. The lowest BCUT2D eigenvalue weighted by Crippen LogP contribution is -1.91. The minimum absolute atomic E-state index is 0.0370. The number of nitrogens with zero attached hydrogens (tertiary/aromatic N) is 3. The van der Waals surface area contributed by atoms with Gasteiger partial charge in [0.15, 0.2) is 0 Å². The van der Waals surface area contributed by atoms with Gasteiger partial charge in [0.05, 0.1) is 6.21 Å². The second kappa shape index (κ2) is 1.16. The molecule has 6 heavy (non-hydrogen) atoms. The summed E-state index contributed by atoms with van der Waals surface area (Å²) >= 11 is 0. The third-order valence-corrected chi connectivity index (χ3v) is 0.490. The van der Waals surface area contributed by atoms with Gasteiger partial charge in [0.25, 0.3) is 0 Å². The van der Waals surface area contributed by atoms with Crippen LogP contribution in [0, 0.1) is 6.92 Å². The van der Waals surface area contributed by atoms with Crippen LogP contribution in [-0.2, 0) is 0 Å². The molecule has 0 fully saturated rings. The van der Waals surface area contributed by atoms with E-state index in [-0.39, 0.29) is 6.04 Å². The SMILES string of the molecule is [CH2]C1C=NN=N1. The second-order valence-corrected chi connectivity index (χ2v) is 1.04. The van der Waals surface area contributed by atoms with Gasteiger partial charge < -0.3 is 0 Å². The topological polar surface area (TPSA) is 37.1 Å². The highest BCUT2D eigenvalue weighted by Crippen LogP contribution is 1.92. The van der Waals surface area contributed by atoms with Crippen molar-refractivity contribution in [3.8, 4) is 0 Å². The summed E-state index contributed by atoms with van der Waals surface area (Å²) in [6.45, 7) is 3.53. The number of hydrogen-bond acceptors (Lipinski definition) is 3. The van der Waals surface area contributed by atoms with Crippen molar-refractivity contribution in [2.45, 2.75) is 6.04 Å². The molecule has 3 nitrogen and oxygen atoms in total. The van der Waals surface area contributed by atoms with Gasteiger partial charge in [-0.3, -0.25) is 0 Å². The first-order valence-corrected chi connectivity index (χ1v) is 1.66. The summed E-state index contributed by atoms with van der Waals surface area (Å²) in [5.41, 5.74) is 0. The Labute approximate surface area is 35.8 Å². The normalized spacial score (nSPS) is 29.2. The minimum Gasteiger partial charge on any atom is -0.160 e. The van der Waals surface area contributed by atoms with Crippen molar-refractivity contribution < 1.29 is 0 Å². The molecule has 0 aromatic rings. The molecule has 0 amide bonds. The quantitative estimate of drug-likeness (QED) is 0.411. The highest BCUT2D eigenvalue weighted by atomic mass is 15.4. The third kappa shape index (κ3) is 0.429. The van der Waals surface area contributed by atoms with Gasteiger partial charge in [-0.1, -0.05) is 0 Å². The van der Waals surface area contributed by atoms with Crippen LogP contribution >= 0.6 is 0 Å². The zero-order valence-electron chi connectivity index (χ0n) is 3.20. The van der Waals surface area contributed by atoms with E-state index in [1.54, 1.807) is 6.21 Å². The van der Waals surface area contributed by atoms with Crippen molar-refractivity contribution in [2.24, 2.45) is 15.4 Å². The van der Waals surface area contributed by atoms with Crippen molar-refractivity contribution in [1.82, 2.24) is 0 Å². The third-order valence-electron chi connectivity index (χ3n) is 0.490. The molecule has 0 bridgehead atoms. The zero-order valence-corrected chi connectivity index (χ0v) is 3.20. The summed E-state index contributed by atoms with van der Waals surface area (Å²) in [6.07, 6.45) is 1.58. The average Bonchev–Trinajstić information content (AvgIpc) is 1.86. The lowest BCUT2D eigenvalue weighted by Gasteiger charge is -1.77. The Kier molecular flexibility index (Phi) is 0.670. The van der Waals surface area contributed by atoms with Crippen LogP contribution in [0.15, 0.2) is 15.4 Å². The van der Waals surface area contributed by atoms with E-state index in [4.69, 9.17) is 0 Å². The van der Waals surface area contributed by atoms with E-state index in [9.17, 15) is 0 Å². The Morgan fingerprint density at radius 1 is 1.67 bits per heavy atom. The number of rotatable bonds is 0. The summed E-state index contributed by atoms with van der Waals surface area (Å²) in [4.78, 5) is 0. The van der Waals surface area contributed by atoms with Crippen LogP contribution in [0.25, 0.3) is 0 Å². The molecule has 1 aliphatic rings. The summed E-state index contributed by atoms with van der Waals surface area (Å²) in [6, 6.07) is -0.0370. The molecule has 0 spiro atoms. The molecule has 1 unspecified atom stereocenters. The molecular formula is C3H4N3. The van der Waals surface area contributed by atoms with Crippen LogP contribution in [0.2, 0.25) is 0 Å². The zero-order chi connectivity index (χ0) is 4.41. The van der Waals surface area contributed by atoms with Crippen molar-refractivity contribution >= 4 is 6.21 Å². The van der Waals surface area contributed by atoms with Gasteiger partial charge >= 0.3 is 0 Å².